The summed E-state index contributed by atoms with van der Waals surface area (Å²) in [6, 6.07) is 12.0. The van der Waals surface area contributed by atoms with Crippen LogP contribution in [-0.4, -0.2) is 42.1 Å². The summed E-state index contributed by atoms with van der Waals surface area (Å²) in [5.41, 5.74) is 1.77. The lowest BCUT2D eigenvalue weighted by atomic mass is 10.2. The molecule has 0 bridgehead atoms. The summed E-state index contributed by atoms with van der Waals surface area (Å²) in [6.45, 7) is 3.92. The molecule has 0 fully saturated rings. The molecule has 1 aromatic heterocycles. The zero-order chi connectivity index (χ0) is 20.5. The number of aromatic nitrogens is 2. The number of fused-ring (bicyclic) bond motifs is 1. The van der Waals surface area contributed by atoms with Crippen molar-refractivity contribution in [2.24, 2.45) is 0 Å². The van der Waals surface area contributed by atoms with Gasteiger partial charge in [-0.1, -0.05) is 36.9 Å². The van der Waals surface area contributed by atoms with Gasteiger partial charge in [0, 0.05) is 19.8 Å². The van der Waals surface area contributed by atoms with Gasteiger partial charge < -0.3 is 0 Å². The standard InChI is InChI=1S/C20H23N3O3S2/c1-5-12-27-20-21-17-9-7-6-8-16(17)19(24)23(20)18-13-15(11-10-14(18)2)28(25,26)22(3)4/h6-11,13H,5,12H2,1-4H3. The van der Waals surface area contributed by atoms with Crippen LogP contribution < -0.4 is 5.56 Å². The minimum Gasteiger partial charge on any atom is -0.268 e. The molecule has 0 aliphatic carbocycles. The Morgan fingerprint density at radius 3 is 2.54 bits per heavy atom. The Morgan fingerprint density at radius 2 is 1.86 bits per heavy atom. The van der Waals surface area contributed by atoms with Crippen molar-refractivity contribution in [3.8, 4) is 5.69 Å². The summed E-state index contributed by atoms with van der Waals surface area (Å²) >= 11 is 1.49. The third-order valence-corrected chi connectivity index (χ3v) is 7.34. The quantitative estimate of drug-likeness (QED) is 0.454. The van der Waals surface area contributed by atoms with Gasteiger partial charge in [0.2, 0.25) is 10.0 Å². The molecule has 0 radical (unpaired) electrons. The summed E-state index contributed by atoms with van der Waals surface area (Å²) in [7, 11) is -0.644. The molecule has 0 saturated heterocycles. The third-order valence-electron chi connectivity index (χ3n) is 4.38. The van der Waals surface area contributed by atoms with Gasteiger partial charge in [0.05, 0.1) is 21.5 Å². The number of rotatable bonds is 6. The highest BCUT2D eigenvalue weighted by atomic mass is 32.2. The van der Waals surface area contributed by atoms with E-state index in [2.05, 4.69) is 11.9 Å². The fourth-order valence-electron chi connectivity index (χ4n) is 2.82. The van der Waals surface area contributed by atoms with E-state index in [1.165, 1.54) is 30.4 Å². The molecule has 148 valence electrons. The minimum atomic E-state index is -3.62. The van der Waals surface area contributed by atoms with Crippen molar-refractivity contribution in [1.29, 1.82) is 0 Å². The Labute approximate surface area is 169 Å². The molecule has 0 aliphatic heterocycles. The van der Waals surface area contributed by atoms with Crippen LogP contribution in [0.1, 0.15) is 18.9 Å². The summed E-state index contributed by atoms with van der Waals surface area (Å²) in [5, 5.41) is 1.07. The van der Waals surface area contributed by atoms with Gasteiger partial charge in [0.1, 0.15) is 0 Å². The fourth-order valence-corrected chi connectivity index (χ4v) is 4.60. The maximum atomic E-state index is 13.3. The first kappa shape index (κ1) is 20.6. The van der Waals surface area contributed by atoms with E-state index in [1.807, 2.05) is 19.1 Å². The number of para-hydroxylation sites is 1. The average Bonchev–Trinajstić information content (AvgIpc) is 2.67. The van der Waals surface area contributed by atoms with Gasteiger partial charge in [-0.25, -0.2) is 17.7 Å². The molecule has 6 nitrogen and oxygen atoms in total. The number of hydrogen-bond donors (Lipinski definition) is 0. The highest BCUT2D eigenvalue weighted by Crippen LogP contribution is 2.26. The lowest BCUT2D eigenvalue weighted by Crippen LogP contribution is -2.25. The van der Waals surface area contributed by atoms with Gasteiger partial charge in [0.15, 0.2) is 5.16 Å². The van der Waals surface area contributed by atoms with E-state index >= 15 is 0 Å². The fraction of sp³-hybridized carbons (Fsp3) is 0.300. The molecular weight excluding hydrogens is 394 g/mol. The second-order valence-corrected chi connectivity index (χ2v) is 9.85. The van der Waals surface area contributed by atoms with E-state index in [0.717, 1.165) is 22.0 Å². The third kappa shape index (κ3) is 3.72. The van der Waals surface area contributed by atoms with Crippen molar-refractivity contribution in [2.75, 3.05) is 19.8 Å². The van der Waals surface area contributed by atoms with Gasteiger partial charge in [0.25, 0.3) is 5.56 Å². The highest BCUT2D eigenvalue weighted by Gasteiger charge is 2.21. The van der Waals surface area contributed by atoms with Crippen molar-refractivity contribution in [3.63, 3.8) is 0 Å². The van der Waals surface area contributed by atoms with Crippen LogP contribution in [0.5, 0.6) is 0 Å². The maximum absolute atomic E-state index is 13.3. The number of thioether (sulfide) groups is 1. The molecule has 0 spiro atoms. The number of hydrogen-bond acceptors (Lipinski definition) is 5. The van der Waals surface area contributed by atoms with Gasteiger partial charge in [-0.2, -0.15) is 0 Å². The zero-order valence-electron chi connectivity index (χ0n) is 16.3. The molecular formula is C20H23N3O3S2. The molecule has 2 aromatic carbocycles. The average molecular weight is 418 g/mol. The van der Waals surface area contributed by atoms with Crippen LogP contribution in [0.4, 0.5) is 0 Å². The van der Waals surface area contributed by atoms with Crippen LogP contribution in [0.2, 0.25) is 0 Å². The van der Waals surface area contributed by atoms with Crippen LogP contribution in [0, 0.1) is 6.92 Å². The monoisotopic (exact) mass is 417 g/mol. The maximum Gasteiger partial charge on any atom is 0.266 e. The Kier molecular flexibility index (Phi) is 5.92. The lowest BCUT2D eigenvalue weighted by molar-refractivity contribution is 0.520. The van der Waals surface area contributed by atoms with E-state index < -0.39 is 10.0 Å². The lowest BCUT2D eigenvalue weighted by Gasteiger charge is -2.17. The molecule has 1 heterocycles. The Morgan fingerprint density at radius 1 is 1.14 bits per heavy atom. The summed E-state index contributed by atoms with van der Waals surface area (Å²) < 4.78 is 27.9. The molecule has 3 aromatic rings. The molecule has 0 saturated carbocycles. The number of nitrogens with zero attached hydrogens (tertiary/aromatic N) is 3. The Balaban J connectivity index is 2.34. The topological polar surface area (TPSA) is 72.3 Å². The SMILES string of the molecule is CCCSc1nc2ccccc2c(=O)n1-c1cc(S(=O)(=O)N(C)C)ccc1C. The van der Waals surface area contributed by atoms with Gasteiger partial charge in [-0.05, 0) is 43.2 Å². The molecule has 0 N–H and O–H groups in total. The van der Waals surface area contributed by atoms with Crippen molar-refractivity contribution in [2.45, 2.75) is 30.3 Å². The van der Waals surface area contributed by atoms with E-state index in [0.29, 0.717) is 21.7 Å². The molecule has 28 heavy (non-hydrogen) atoms. The predicted molar refractivity (Wildman–Crippen MR) is 114 cm³/mol. The summed E-state index contributed by atoms with van der Waals surface area (Å²) in [6.07, 6.45) is 0.932. The molecule has 0 atom stereocenters. The van der Waals surface area contributed by atoms with Crippen molar-refractivity contribution < 1.29 is 8.42 Å². The largest absolute Gasteiger partial charge is 0.268 e. The first-order valence-electron chi connectivity index (χ1n) is 8.95. The smallest absolute Gasteiger partial charge is 0.266 e. The van der Waals surface area contributed by atoms with Crippen molar-refractivity contribution >= 4 is 32.7 Å². The van der Waals surface area contributed by atoms with Crippen molar-refractivity contribution in [1.82, 2.24) is 13.9 Å². The Bertz CT molecular complexity index is 1190. The number of benzene rings is 2. The first-order chi connectivity index (χ1) is 13.3. The van der Waals surface area contributed by atoms with Crippen LogP contribution in [0.25, 0.3) is 16.6 Å². The molecule has 8 heteroatoms. The van der Waals surface area contributed by atoms with E-state index in [-0.39, 0.29) is 10.5 Å². The Hall–Kier alpha value is -2.16. The van der Waals surface area contributed by atoms with Gasteiger partial charge >= 0.3 is 0 Å². The van der Waals surface area contributed by atoms with E-state index in [1.54, 1.807) is 30.3 Å². The molecule has 0 unspecified atom stereocenters. The summed E-state index contributed by atoms with van der Waals surface area (Å²) in [4.78, 5) is 18.1. The van der Waals surface area contributed by atoms with Crippen LogP contribution in [0.3, 0.4) is 0 Å². The predicted octanol–water partition coefficient (Wildman–Crippen LogP) is 3.45. The minimum absolute atomic E-state index is 0.143. The number of sulfonamides is 1. The molecule has 0 amide bonds. The second kappa shape index (κ2) is 8.06. The van der Waals surface area contributed by atoms with Crippen LogP contribution >= 0.6 is 11.8 Å². The number of aryl methyl sites for hydroxylation is 1. The molecule has 0 aliphatic rings. The molecule has 3 rings (SSSR count). The first-order valence-corrected chi connectivity index (χ1v) is 11.4. The van der Waals surface area contributed by atoms with Crippen LogP contribution in [-0.2, 0) is 10.0 Å². The van der Waals surface area contributed by atoms with Gasteiger partial charge in [-0.15, -0.1) is 0 Å². The highest BCUT2D eigenvalue weighted by molar-refractivity contribution is 7.99. The van der Waals surface area contributed by atoms with E-state index in [4.69, 9.17) is 0 Å². The van der Waals surface area contributed by atoms with Crippen molar-refractivity contribution in [3.05, 3.63) is 58.4 Å². The van der Waals surface area contributed by atoms with Gasteiger partial charge in [-0.3, -0.25) is 9.36 Å². The normalized spacial score (nSPS) is 12.0. The zero-order valence-corrected chi connectivity index (χ0v) is 18.0. The second-order valence-electron chi connectivity index (χ2n) is 6.64. The summed E-state index contributed by atoms with van der Waals surface area (Å²) in [5.74, 6) is 0.805. The van der Waals surface area contributed by atoms with E-state index in [9.17, 15) is 13.2 Å². The van der Waals surface area contributed by atoms with Crippen LogP contribution in [0.15, 0.2) is 57.3 Å².